The number of likely N-dealkylation sites (N-methyl/N-ethyl adjacent to an activating group) is 1. The first kappa shape index (κ1) is 81.4. The van der Waals surface area contributed by atoms with E-state index in [1.165, 1.54) is 30.5 Å². The average molecular weight is 1340 g/mol. The number of piperidine rings is 1. The Bertz CT molecular complexity index is 2940. The highest BCUT2D eigenvalue weighted by Gasteiger charge is 2.82. The molecule has 10 rings (SSSR count). The molecule has 2 unspecified atom stereocenters. The Morgan fingerprint density at radius 3 is 2.00 bits per heavy atom. The summed E-state index contributed by atoms with van der Waals surface area (Å²) in [6.07, 6.45) is 8.77. The fraction of sp³-hybridized carbons (Fsp3) is 0.620. The van der Waals surface area contributed by atoms with E-state index in [0.717, 1.165) is 76.2 Å². The maximum absolute atomic E-state index is 12.2. The molecule has 7 aliphatic rings. The van der Waals surface area contributed by atoms with E-state index in [4.69, 9.17) is 49.4 Å². The molecule has 0 aromatic heterocycles. The van der Waals surface area contributed by atoms with E-state index in [1.54, 1.807) is 36.4 Å². The van der Waals surface area contributed by atoms with E-state index in [1.807, 2.05) is 78.1 Å². The summed E-state index contributed by atoms with van der Waals surface area (Å²) in [5.41, 5.74) is -0.500. The van der Waals surface area contributed by atoms with Gasteiger partial charge in [0.2, 0.25) is 0 Å². The van der Waals surface area contributed by atoms with E-state index in [2.05, 4.69) is 75.0 Å². The molecule has 8 N–H and O–H groups in total. The first-order valence-corrected chi connectivity index (χ1v) is 32.1. The Hall–Kier alpha value is -5.83. The molecule has 3 aromatic rings. The van der Waals surface area contributed by atoms with Crippen LogP contribution < -0.4 is 14.8 Å². The summed E-state index contributed by atoms with van der Waals surface area (Å²) >= 11 is 0. The zero-order valence-electron chi connectivity index (χ0n) is 56.5. The molecule has 0 radical (unpaired) electrons. The van der Waals surface area contributed by atoms with Gasteiger partial charge < -0.3 is 69.6 Å². The van der Waals surface area contributed by atoms with Crippen LogP contribution in [0, 0.1) is 34.0 Å². The quantitative estimate of drug-likeness (QED) is 0.0211. The van der Waals surface area contributed by atoms with E-state index in [9.17, 15) is 34.5 Å². The Kier molecular flexibility index (Phi) is 30.9. The zero-order valence-corrected chi connectivity index (χ0v) is 58.1. The van der Waals surface area contributed by atoms with Crippen LogP contribution in [0.25, 0.3) is 0 Å². The van der Waals surface area contributed by atoms with Crippen molar-refractivity contribution in [2.24, 2.45) is 22.7 Å². The van der Waals surface area contributed by atoms with Gasteiger partial charge in [0.15, 0.2) is 17.1 Å². The molecule has 520 valence electrons. The van der Waals surface area contributed by atoms with Crippen molar-refractivity contribution in [3.8, 4) is 23.3 Å². The smallest absolute Gasteiger partial charge is 0.336 e. The molecule has 5 aliphatic carbocycles. The second-order valence-electron chi connectivity index (χ2n) is 27.1. The Balaban J connectivity index is 0.000000335. The van der Waals surface area contributed by atoms with E-state index < -0.39 is 53.7 Å². The summed E-state index contributed by atoms with van der Waals surface area (Å²) in [5.74, 6) is -3.06. The van der Waals surface area contributed by atoms with Gasteiger partial charge in [-0.25, -0.2) is 4.79 Å². The minimum Gasteiger partial charge on any atom is -0.504 e. The van der Waals surface area contributed by atoms with Crippen molar-refractivity contribution >= 4 is 48.7 Å². The van der Waals surface area contributed by atoms with Gasteiger partial charge in [0.1, 0.15) is 42.8 Å². The summed E-state index contributed by atoms with van der Waals surface area (Å²) in [7, 11) is 1.83. The number of halogens is 2. The number of ether oxygens (including phenoxy) is 5. The van der Waals surface area contributed by atoms with Crippen molar-refractivity contribution in [2.45, 2.75) is 185 Å². The number of nitrogens with one attached hydrogen (secondary N) is 1. The van der Waals surface area contributed by atoms with Crippen LogP contribution in [-0.4, -0.2) is 183 Å². The minimum atomic E-state index is -2.74. The van der Waals surface area contributed by atoms with Gasteiger partial charge in [-0.1, -0.05) is 115 Å². The van der Waals surface area contributed by atoms with Crippen LogP contribution in [0.2, 0.25) is 0 Å². The Morgan fingerprint density at radius 2 is 1.47 bits per heavy atom. The topological polar surface area (TPSA) is 298 Å². The van der Waals surface area contributed by atoms with Crippen LogP contribution in [-0.2, 0) is 45.2 Å². The van der Waals surface area contributed by atoms with Crippen LogP contribution in [0.3, 0.4) is 0 Å². The minimum absolute atomic E-state index is 0. The number of aromatic hydroxyl groups is 1. The number of aliphatic carboxylic acids is 3. The highest BCUT2D eigenvalue weighted by Crippen LogP contribution is 2.78. The van der Waals surface area contributed by atoms with Gasteiger partial charge in [-0.3, -0.25) is 19.3 Å². The van der Waals surface area contributed by atoms with E-state index in [0.29, 0.717) is 49.5 Å². The third-order valence-electron chi connectivity index (χ3n) is 19.4. The molecule has 2 aliphatic heterocycles. The zero-order chi connectivity index (χ0) is 67.8. The standard InChI is InChI=1S/C29H41NO4.C18H29NO3.C14H20N2O2.C6H8O7.C4H6.2ClH/c1-25(2,3)26(4,32)20-15-27-10-11-29(20,33-5)24-28(27)12-13-30(16-17-6-7-17)21(27)14-18-8-9-19(31)23(34-24)22(18)28;1-4-17(16-10-8-7-9-11-16)18(20)22-15-14-21-13-12-19(5-2)6-3;1-14(2,3)16-9-12(17)10-18-13-7-5-4-6-11(13)8-15;7-3(8)1-6(13,5(11)12)2-4(9)10;1-3-4-2;;/h8-9,17,20-21,24,31-32H,6-7,10-16H2,1-5H3;7-11,17H,4-6,12-15H2,1-3H3;4-7,12,16-17H,9-10H2,1-3H3;13H,1-2H2,(H,7,8)(H,9,10)(H,11,12);3-4H,1-2H2;2*1H/t20-,21-,24-,26+,27-,28+,29-;;;;;;/m1....../s1. The number of aliphatic hydroxyl groups excluding tert-OH is 1. The number of allylic oxidation sites excluding steroid dienone is 2. The highest BCUT2D eigenvalue weighted by molar-refractivity contribution is 5.88. The Morgan fingerprint density at radius 1 is 0.860 bits per heavy atom. The van der Waals surface area contributed by atoms with Crippen molar-refractivity contribution in [3.05, 3.63) is 114 Å². The lowest BCUT2D eigenvalue weighted by molar-refractivity contribution is -0.312. The molecule has 9 atom stereocenters. The number of para-hydroxylation sites is 1. The molecule has 0 amide bonds. The number of likely N-dealkylation sites (tertiary alicyclic amines) is 1. The molecular weight excluding hydrogens is 1240 g/mol. The van der Waals surface area contributed by atoms with Crippen LogP contribution >= 0.6 is 24.8 Å². The van der Waals surface area contributed by atoms with Crippen molar-refractivity contribution in [2.75, 3.05) is 72.8 Å². The van der Waals surface area contributed by atoms with Gasteiger partial charge in [0.25, 0.3) is 0 Å². The SMILES string of the molecule is C=CC=C.CC(C)(C)NCC(O)COc1ccccc1C#N.CCC(C(=O)OCCOCCN(CC)CC)c1ccccc1.CO[C@]12CC[C@@]3(C[C@@H]1[C@](C)(O)C(C)(C)C)[C@H]1Cc4ccc(O)c5c4[C@@]3(CCN1CC1CC1)[C@H]2O5.Cl.Cl.O=C(O)CC(O)(CC(=O)O)C(=O)O. The number of carbonyl (C=O) groups is 4. The lowest BCUT2D eigenvalue weighted by atomic mass is 9.33. The predicted octanol–water partition coefficient (Wildman–Crippen LogP) is 10.1. The first-order chi connectivity index (χ1) is 42.9. The van der Waals surface area contributed by atoms with Gasteiger partial charge in [0.05, 0.1) is 43.1 Å². The Labute approximate surface area is 563 Å². The van der Waals surface area contributed by atoms with Gasteiger partial charge >= 0.3 is 23.9 Å². The average Bonchev–Trinajstić information content (AvgIpc) is 1.62. The number of nitriles is 1. The summed E-state index contributed by atoms with van der Waals surface area (Å²) in [6.45, 7) is 35.0. The lowest BCUT2D eigenvalue weighted by Crippen LogP contribution is -2.83. The number of β-amino-alcohol motifs (C(OH)–C–C–N with tert-alkyl or cyclic N) is 1. The summed E-state index contributed by atoms with van der Waals surface area (Å²) in [5, 5.41) is 78.8. The number of carbonyl (C=O) groups excluding carboxylic acids is 1. The molecule has 93 heavy (non-hydrogen) atoms. The van der Waals surface area contributed by atoms with Gasteiger partial charge in [-0.15, -0.1) is 24.8 Å². The number of phenolic OH excluding ortho intramolecular Hbond substituents is 1. The third-order valence-corrected chi connectivity index (χ3v) is 19.4. The van der Waals surface area contributed by atoms with Crippen molar-refractivity contribution in [1.29, 1.82) is 5.26 Å². The summed E-state index contributed by atoms with van der Waals surface area (Å²) in [6, 6.07) is 23.3. The van der Waals surface area contributed by atoms with Crippen molar-refractivity contribution in [3.63, 3.8) is 0 Å². The number of hydrogen-bond donors (Lipinski definition) is 8. The number of benzene rings is 3. The summed E-state index contributed by atoms with van der Waals surface area (Å²) in [4.78, 5) is 47.7. The molecule has 1 saturated heterocycles. The van der Waals surface area contributed by atoms with Gasteiger partial charge in [-0.05, 0) is 139 Å². The normalized spacial score (nSPS) is 23.2. The molecule has 22 heteroatoms. The van der Waals surface area contributed by atoms with Crippen LogP contribution in [0.1, 0.15) is 155 Å². The molecule has 3 aromatic carbocycles. The molecule has 2 heterocycles. The van der Waals surface area contributed by atoms with Gasteiger partial charge in [-0.2, -0.15) is 5.26 Å². The third kappa shape index (κ3) is 19.4. The number of methoxy groups -OCH3 is 1. The maximum atomic E-state index is 12.2. The number of rotatable bonds is 26. The van der Waals surface area contributed by atoms with Crippen LogP contribution in [0.4, 0.5) is 0 Å². The lowest BCUT2D eigenvalue weighted by Gasteiger charge is -2.75. The number of fused-ring (bicyclic) bond motifs is 2. The van der Waals surface area contributed by atoms with Crippen molar-refractivity contribution < 1.29 is 78.6 Å². The second kappa shape index (κ2) is 35.2. The molecule has 4 saturated carbocycles. The number of nitrogens with zero attached hydrogens (tertiary/aromatic N) is 3. The fourth-order valence-electron chi connectivity index (χ4n) is 14.0. The molecule has 4 bridgehead atoms. The number of aliphatic hydroxyl groups is 3. The number of phenols is 1. The van der Waals surface area contributed by atoms with Gasteiger partial charge in [0, 0.05) is 60.6 Å². The highest BCUT2D eigenvalue weighted by atomic mass is 35.5. The molecule has 20 nitrogen and oxygen atoms in total. The largest absolute Gasteiger partial charge is 0.504 e. The number of carboxylic acids is 3. The maximum Gasteiger partial charge on any atom is 0.336 e. The predicted molar refractivity (Wildman–Crippen MR) is 362 cm³/mol. The van der Waals surface area contributed by atoms with E-state index in [-0.39, 0.29) is 82.9 Å². The molecule has 2 spiro atoms. The number of esters is 1. The monoisotopic (exact) mass is 1340 g/mol. The van der Waals surface area contributed by atoms with Crippen LogP contribution in [0.15, 0.2) is 92.0 Å². The first-order valence-electron chi connectivity index (χ1n) is 32.1. The fourth-order valence-corrected chi connectivity index (χ4v) is 14.0. The molecular formula is C71H106Cl2N4O16. The number of carboxylic acid groups (broad SMARTS) is 3. The van der Waals surface area contributed by atoms with E-state index >= 15 is 0 Å². The second-order valence-corrected chi connectivity index (χ2v) is 27.1. The molecule has 5 fully saturated rings. The van der Waals surface area contributed by atoms with Crippen molar-refractivity contribution in [1.82, 2.24) is 15.1 Å². The number of hydrogen-bond acceptors (Lipinski definition) is 17. The van der Waals surface area contributed by atoms with Crippen LogP contribution in [0.5, 0.6) is 17.2 Å². The summed E-state index contributed by atoms with van der Waals surface area (Å²) < 4.78 is 29.7.